The summed E-state index contributed by atoms with van der Waals surface area (Å²) in [6.45, 7) is 11.3. The molecule has 0 bridgehead atoms. The average molecular weight is 361 g/mol. The Bertz CT molecular complexity index is 337. The Morgan fingerprint density at radius 2 is 1.58 bits per heavy atom. The van der Waals surface area contributed by atoms with Gasteiger partial charge in [0.15, 0.2) is 0 Å². The largest absolute Gasteiger partial charge is 0.393 e. The Balaban J connectivity index is 3.31. The van der Waals surface area contributed by atoms with Crippen molar-refractivity contribution in [1.29, 1.82) is 0 Å². The molecule has 4 N–H and O–H groups in total. The molecule has 1 aliphatic heterocycles. The van der Waals surface area contributed by atoms with E-state index in [9.17, 15) is 0 Å². The van der Waals surface area contributed by atoms with E-state index < -0.39 is 19.3 Å². The zero-order chi connectivity index (χ0) is 18.1. The summed E-state index contributed by atoms with van der Waals surface area (Å²) in [6, 6.07) is 0.966. The van der Waals surface area contributed by atoms with E-state index >= 15 is 0 Å². The lowest BCUT2D eigenvalue weighted by molar-refractivity contribution is -0.0917. The molecule has 144 valence electrons. The average Bonchev–Trinajstić information content (AvgIpc) is 2.56. The van der Waals surface area contributed by atoms with Crippen LogP contribution in [0, 0.1) is 0 Å². The van der Waals surface area contributed by atoms with E-state index in [2.05, 4.69) is 27.7 Å². The minimum Gasteiger partial charge on any atom is -0.393 e. The highest BCUT2D eigenvalue weighted by atomic mass is 28.4. The van der Waals surface area contributed by atoms with Crippen LogP contribution in [0.4, 0.5) is 0 Å². The van der Waals surface area contributed by atoms with Crippen LogP contribution in [0.5, 0.6) is 0 Å². The van der Waals surface area contributed by atoms with Gasteiger partial charge >= 0.3 is 8.56 Å². The van der Waals surface area contributed by atoms with Gasteiger partial charge in [0.2, 0.25) is 0 Å². The van der Waals surface area contributed by atoms with Crippen LogP contribution >= 0.6 is 0 Å². The number of nitrogens with two attached hydrogens (primary N) is 2. The van der Waals surface area contributed by atoms with E-state index in [0.29, 0.717) is 26.4 Å². The van der Waals surface area contributed by atoms with Crippen LogP contribution in [-0.2, 0) is 13.6 Å². The first-order valence-electron chi connectivity index (χ1n) is 9.86. The van der Waals surface area contributed by atoms with Crippen molar-refractivity contribution in [1.82, 2.24) is 0 Å². The Kier molecular flexibility index (Phi) is 9.41. The second-order valence-corrected chi connectivity index (χ2v) is 10.7. The van der Waals surface area contributed by atoms with Crippen LogP contribution in [0.3, 0.4) is 0 Å². The van der Waals surface area contributed by atoms with Gasteiger partial charge in [-0.15, -0.1) is 0 Å². The fraction of sp³-hybridized carbons (Fsp3) is 1.00. The second-order valence-electron chi connectivity index (χ2n) is 7.29. The van der Waals surface area contributed by atoms with Crippen molar-refractivity contribution in [3.8, 4) is 0 Å². The first-order valence-corrected chi connectivity index (χ1v) is 11.9. The van der Waals surface area contributed by atoms with Crippen molar-refractivity contribution < 1.29 is 13.6 Å². The van der Waals surface area contributed by atoms with Crippen LogP contribution in [0.2, 0.25) is 6.04 Å². The minimum atomic E-state index is -2.62. The van der Waals surface area contributed by atoms with Crippen molar-refractivity contribution in [2.75, 3.05) is 26.4 Å². The summed E-state index contributed by atoms with van der Waals surface area (Å²) in [7, 11) is -2.62. The normalized spacial score (nSPS) is 29.8. The van der Waals surface area contributed by atoms with Gasteiger partial charge in [-0.1, -0.05) is 20.8 Å². The van der Waals surface area contributed by atoms with Crippen molar-refractivity contribution >= 4 is 8.56 Å². The molecule has 1 fully saturated rings. The van der Waals surface area contributed by atoms with Gasteiger partial charge in [-0.05, 0) is 64.5 Å². The maximum atomic E-state index is 6.87. The molecule has 0 spiro atoms. The first-order chi connectivity index (χ1) is 11.4. The molecule has 2 unspecified atom stereocenters. The molecule has 6 heteroatoms. The van der Waals surface area contributed by atoms with E-state index in [1.165, 1.54) is 0 Å². The molecule has 2 atom stereocenters. The highest BCUT2D eigenvalue weighted by molar-refractivity contribution is 6.71. The van der Waals surface area contributed by atoms with Crippen LogP contribution in [0.15, 0.2) is 0 Å². The third-order valence-electron chi connectivity index (χ3n) is 5.10. The molecule has 1 aliphatic rings. The lowest BCUT2D eigenvalue weighted by atomic mass is 9.86. The Labute approximate surface area is 150 Å². The molecule has 0 amide bonds. The fourth-order valence-electron chi connectivity index (χ4n) is 3.93. The molecule has 1 saturated heterocycles. The topological polar surface area (TPSA) is 79.7 Å². The van der Waals surface area contributed by atoms with E-state index in [1.54, 1.807) is 0 Å². The van der Waals surface area contributed by atoms with Gasteiger partial charge in [0.05, 0.1) is 0 Å². The Morgan fingerprint density at radius 1 is 1.00 bits per heavy atom. The third kappa shape index (κ3) is 4.59. The predicted molar refractivity (Wildman–Crippen MR) is 102 cm³/mol. The molecule has 0 aromatic carbocycles. The van der Waals surface area contributed by atoms with Crippen LogP contribution in [0.25, 0.3) is 0 Å². The van der Waals surface area contributed by atoms with E-state index in [4.69, 9.17) is 25.1 Å². The molecule has 24 heavy (non-hydrogen) atoms. The fourth-order valence-corrected chi connectivity index (χ4v) is 8.76. The third-order valence-corrected chi connectivity index (χ3v) is 9.65. The first kappa shape index (κ1) is 22.1. The summed E-state index contributed by atoms with van der Waals surface area (Å²) in [5.41, 5.74) is 12.3. The zero-order valence-electron chi connectivity index (χ0n) is 16.4. The highest BCUT2D eigenvalue weighted by Crippen LogP contribution is 2.48. The maximum Gasteiger partial charge on any atom is 0.373 e. The van der Waals surface area contributed by atoms with Gasteiger partial charge in [-0.25, -0.2) is 0 Å². The number of ether oxygens (including phenoxy) is 1. The van der Waals surface area contributed by atoms with Gasteiger partial charge in [0.1, 0.15) is 5.22 Å². The highest BCUT2D eigenvalue weighted by Gasteiger charge is 2.67. The summed E-state index contributed by atoms with van der Waals surface area (Å²) in [6.07, 6.45) is 6.63. The lowest BCUT2D eigenvalue weighted by Crippen LogP contribution is -2.78. The smallest absolute Gasteiger partial charge is 0.373 e. The lowest BCUT2D eigenvalue weighted by Gasteiger charge is -2.57. The summed E-state index contributed by atoms with van der Waals surface area (Å²) in [5, 5.41) is -0.516. The van der Waals surface area contributed by atoms with E-state index in [-0.39, 0.29) is 0 Å². The molecular formula is C18H40N2O3Si. The molecule has 0 saturated carbocycles. The molecule has 0 aliphatic carbocycles. The predicted octanol–water partition coefficient (Wildman–Crippen LogP) is 3.24. The monoisotopic (exact) mass is 360 g/mol. The molecule has 0 aromatic rings. The minimum absolute atomic E-state index is 0.441. The number of rotatable bonds is 12. The molecule has 5 nitrogen and oxygen atoms in total. The number of hydrogen-bond acceptors (Lipinski definition) is 5. The summed E-state index contributed by atoms with van der Waals surface area (Å²) < 4.78 is 19.7. The van der Waals surface area contributed by atoms with Crippen LogP contribution in [0.1, 0.15) is 72.6 Å². The zero-order valence-corrected chi connectivity index (χ0v) is 17.4. The van der Waals surface area contributed by atoms with Gasteiger partial charge in [0, 0.05) is 25.4 Å². The maximum absolute atomic E-state index is 6.87. The van der Waals surface area contributed by atoms with Crippen molar-refractivity contribution in [3.05, 3.63) is 0 Å². The summed E-state index contributed by atoms with van der Waals surface area (Å²) in [5.74, 6) is 0. The molecule has 0 radical (unpaired) electrons. The number of hydrogen-bond donors (Lipinski definition) is 2. The second kappa shape index (κ2) is 10.2. The SMILES string of the molecule is CCCOC1(CCCN)C(C)(N)CCC[Si]1(OCCC)OCCC. The summed E-state index contributed by atoms with van der Waals surface area (Å²) >= 11 is 0. The molecule has 0 aromatic heterocycles. The summed E-state index contributed by atoms with van der Waals surface area (Å²) in [4.78, 5) is 0. The standard InChI is InChI=1S/C18H40N2O3Si/c1-5-13-21-18(11-8-12-19)17(4,20)10-9-16-24(18,22-14-6-2)23-15-7-3/h5-16,19-20H2,1-4H3. The molecular weight excluding hydrogens is 320 g/mol. The van der Waals surface area contributed by atoms with Crippen molar-refractivity contribution in [3.63, 3.8) is 0 Å². The van der Waals surface area contributed by atoms with Gasteiger partial charge in [0.25, 0.3) is 0 Å². The van der Waals surface area contributed by atoms with E-state index in [1.807, 2.05) is 0 Å². The van der Waals surface area contributed by atoms with Gasteiger partial charge in [-0.2, -0.15) is 0 Å². The van der Waals surface area contributed by atoms with Crippen molar-refractivity contribution in [2.24, 2.45) is 11.5 Å². The van der Waals surface area contributed by atoms with Crippen molar-refractivity contribution in [2.45, 2.75) is 89.4 Å². The van der Waals surface area contributed by atoms with Crippen LogP contribution in [-0.4, -0.2) is 45.7 Å². The van der Waals surface area contributed by atoms with Gasteiger partial charge < -0.3 is 25.1 Å². The van der Waals surface area contributed by atoms with Gasteiger partial charge in [-0.3, -0.25) is 0 Å². The quantitative estimate of drug-likeness (QED) is 0.522. The Hall–Kier alpha value is 0.0169. The Morgan fingerprint density at radius 3 is 2.08 bits per heavy atom. The van der Waals surface area contributed by atoms with Crippen LogP contribution < -0.4 is 11.5 Å². The van der Waals surface area contributed by atoms with E-state index in [0.717, 1.165) is 51.0 Å². The molecule has 1 heterocycles. The molecule has 1 rings (SSSR count).